The molecule has 0 saturated carbocycles. The molecule has 3 aromatic heterocycles. The van der Waals surface area contributed by atoms with Crippen LogP contribution in [0.25, 0.3) is 28.0 Å². The largest absolute Gasteiger partial charge is 0.382 e. The summed E-state index contributed by atoms with van der Waals surface area (Å²) in [6, 6.07) is 13.2. The van der Waals surface area contributed by atoms with Crippen molar-refractivity contribution < 1.29 is 9.53 Å². The summed E-state index contributed by atoms with van der Waals surface area (Å²) in [6.07, 6.45) is 5.20. The van der Waals surface area contributed by atoms with Gasteiger partial charge in [-0.25, -0.2) is 9.50 Å². The number of piperazine rings is 1. The van der Waals surface area contributed by atoms with E-state index in [-0.39, 0.29) is 18.0 Å². The SMILES string of the molecule is CC(=O)N1CCN(c2cccc(-c3cc(-c4ccnn4C4CCOCC4)c4c(N)ncnn34)c2)[C@@H](C)C1. The molecule has 1 atom stereocenters. The van der Waals surface area contributed by atoms with Gasteiger partial charge in [-0.1, -0.05) is 12.1 Å². The molecule has 2 fully saturated rings. The zero-order valence-corrected chi connectivity index (χ0v) is 21.2. The van der Waals surface area contributed by atoms with Crippen molar-refractivity contribution in [2.24, 2.45) is 0 Å². The zero-order valence-electron chi connectivity index (χ0n) is 21.2. The van der Waals surface area contributed by atoms with Crippen LogP contribution in [0.15, 0.2) is 48.9 Å². The Hall–Kier alpha value is -3.92. The van der Waals surface area contributed by atoms with Gasteiger partial charge in [0.2, 0.25) is 5.91 Å². The first-order valence-corrected chi connectivity index (χ1v) is 12.9. The maximum atomic E-state index is 11.9. The van der Waals surface area contributed by atoms with E-state index in [1.165, 1.54) is 6.33 Å². The van der Waals surface area contributed by atoms with Crippen LogP contribution in [-0.4, -0.2) is 74.1 Å². The van der Waals surface area contributed by atoms with Crippen LogP contribution in [-0.2, 0) is 9.53 Å². The smallest absolute Gasteiger partial charge is 0.219 e. The van der Waals surface area contributed by atoms with Gasteiger partial charge in [-0.3, -0.25) is 9.48 Å². The monoisotopic (exact) mass is 500 g/mol. The van der Waals surface area contributed by atoms with E-state index in [4.69, 9.17) is 10.5 Å². The van der Waals surface area contributed by atoms with Crippen molar-refractivity contribution in [1.29, 1.82) is 0 Å². The molecule has 1 aromatic carbocycles. The number of carbonyl (C=O) groups is 1. The molecule has 2 N–H and O–H groups in total. The summed E-state index contributed by atoms with van der Waals surface area (Å²) in [6.45, 7) is 7.52. The summed E-state index contributed by atoms with van der Waals surface area (Å²) < 4.78 is 9.55. The second-order valence-electron chi connectivity index (χ2n) is 9.91. The van der Waals surface area contributed by atoms with Gasteiger partial charge in [-0.2, -0.15) is 10.2 Å². The lowest BCUT2D eigenvalue weighted by Crippen LogP contribution is -2.53. The van der Waals surface area contributed by atoms with Crippen LogP contribution in [0, 0.1) is 0 Å². The van der Waals surface area contributed by atoms with Gasteiger partial charge >= 0.3 is 0 Å². The predicted octanol–water partition coefficient (Wildman–Crippen LogP) is 3.25. The van der Waals surface area contributed by atoms with E-state index < -0.39 is 0 Å². The Balaban J connectivity index is 1.41. The lowest BCUT2D eigenvalue weighted by molar-refractivity contribution is -0.129. The van der Waals surface area contributed by atoms with Crippen molar-refractivity contribution in [3.8, 4) is 22.5 Å². The molecule has 0 aliphatic carbocycles. The maximum Gasteiger partial charge on any atom is 0.219 e. The number of rotatable bonds is 4. The Labute approximate surface area is 215 Å². The van der Waals surface area contributed by atoms with Crippen molar-refractivity contribution in [3.05, 3.63) is 48.9 Å². The molecular weight excluding hydrogens is 468 g/mol. The molecule has 1 amide bonds. The Morgan fingerprint density at radius 3 is 2.70 bits per heavy atom. The minimum Gasteiger partial charge on any atom is -0.382 e. The fraction of sp³-hybridized carbons (Fsp3) is 0.407. The first-order valence-electron chi connectivity index (χ1n) is 12.9. The molecule has 10 nitrogen and oxygen atoms in total. The second-order valence-corrected chi connectivity index (χ2v) is 9.91. The molecule has 0 unspecified atom stereocenters. The molecular formula is C27H32N8O2. The number of hydrogen-bond donors (Lipinski definition) is 1. The average molecular weight is 501 g/mol. The highest BCUT2D eigenvalue weighted by molar-refractivity contribution is 5.91. The predicted molar refractivity (Wildman–Crippen MR) is 142 cm³/mol. The van der Waals surface area contributed by atoms with Crippen molar-refractivity contribution in [3.63, 3.8) is 0 Å². The number of aromatic nitrogens is 5. The van der Waals surface area contributed by atoms with E-state index in [1.807, 2.05) is 21.7 Å². The van der Waals surface area contributed by atoms with E-state index in [9.17, 15) is 4.79 Å². The number of amides is 1. The van der Waals surface area contributed by atoms with Gasteiger partial charge in [0.1, 0.15) is 11.8 Å². The van der Waals surface area contributed by atoms with Crippen LogP contribution in [0.5, 0.6) is 0 Å². The molecule has 37 heavy (non-hydrogen) atoms. The summed E-state index contributed by atoms with van der Waals surface area (Å²) >= 11 is 0. The number of benzene rings is 1. The van der Waals surface area contributed by atoms with Gasteiger partial charge in [0.15, 0.2) is 5.82 Å². The highest BCUT2D eigenvalue weighted by Crippen LogP contribution is 2.37. The van der Waals surface area contributed by atoms with Crippen LogP contribution >= 0.6 is 0 Å². The van der Waals surface area contributed by atoms with Crippen molar-refractivity contribution in [1.82, 2.24) is 29.3 Å². The number of fused-ring (bicyclic) bond motifs is 1. The molecule has 192 valence electrons. The van der Waals surface area contributed by atoms with E-state index in [0.717, 1.165) is 79.4 Å². The number of anilines is 2. The summed E-state index contributed by atoms with van der Waals surface area (Å²) in [4.78, 5) is 20.5. The minimum atomic E-state index is 0.129. The number of ether oxygens (including phenoxy) is 1. The van der Waals surface area contributed by atoms with Gasteiger partial charge in [0.05, 0.1) is 17.4 Å². The molecule has 0 radical (unpaired) electrons. The Bertz CT molecular complexity index is 1440. The molecule has 0 bridgehead atoms. The number of nitrogens with two attached hydrogens (primary N) is 1. The van der Waals surface area contributed by atoms with Crippen molar-refractivity contribution in [2.45, 2.75) is 38.8 Å². The molecule has 5 heterocycles. The van der Waals surface area contributed by atoms with Gasteiger partial charge < -0.3 is 20.3 Å². The normalized spacial score (nSPS) is 19.0. The molecule has 4 aromatic rings. The third-order valence-corrected chi connectivity index (χ3v) is 7.61. The molecule has 2 aliphatic rings. The lowest BCUT2D eigenvalue weighted by Gasteiger charge is -2.41. The Morgan fingerprint density at radius 2 is 1.92 bits per heavy atom. The second kappa shape index (κ2) is 9.51. The fourth-order valence-corrected chi connectivity index (χ4v) is 5.69. The summed E-state index contributed by atoms with van der Waals surface area (Å²) in [5, 5.41) is 9.27. The van der Waals surface area contributed by atoms with Gasteiger partial charge in [-0.15, -0.1) is 0 Å². The highest BCUT2D eigenvalue weighted by atomic mass is 16.5. The molecule has 0 spiro atoms. The average Bonchev–Trinajstić information content (AvgIpc) is 3.55. The van der Waals surface area contributed by atoms with Crippen molar-refractivity contribution in [2.75, 3.05) is 43.5 Å². The van der Waals surface area contributed by atoms with Crippen LogP contribution in [0.4, 0.5) is 11.5 Å². The quantitative estimate of drug-likeness (QED) is 0.458. The topological polar surface area (TPSA) is 107 Å². The highest BCUT2D eigenvalue weighted by Gasteiger charge is 2.27. The third kappa shape index (κ3) is 4.21. The van der Waals surface area contributed by atoms with E-state index in [0.29, 0.717) is 5.82 Å². The van der Waals surface area contributed by atoms with Crippen LogP contribution in [0.1, 0.15) is 32.7 Å². The number of nitrogens with zero attached hydrogens (tertiary/aromatic N) is 7. The van der Waals surface area contributed by atoms with Gasteiger partial charge in [0, 0.05) is 68.8 Å². The summed E-state index contributed by atoms with van der Waals surface area (Å²) in [5.41, 5.74) is 12.3. The van der Waals surface area contributed by atoms with E-state index in [2.05, 4.69) is 62.0 Å². The standard InChI is InChI=1S/C27H32N8O2/c1-18-16-32(19(2)36)10-11-33(18)22-5-3-4-20(14-22)25-15-23(26-27(28)29-17-31-35(25)26)24-6-9-30-34(24)21-7-12-37-13-8-21/h3-6,9,14-15,17-18,21H,7-8,10-13,16H2,1-2H3,(H2,28,29,31)/t18-/m0/s1. The van der Waals surface area contributed by atoms with Crippen LogP contribution in [0.2, 0.25) is 0 Å². The number of hydrogen-bond acceptors (Lipinski definition) is 7. The maximum absolute atomic E-state index is 11.9. The van der Waals surface area contributed by atoms with Crippen molar-refractivity contribution >= 4 is 22.9 Å². The van der Waals surface area contributed by atoms with Crippen LogP contribution < -0.4 is 10.6 Å². The Morgan fingerprint density at radius 1 is 1.08 bits per heavy atom. The number of nitrogen functional groups attached to an aromatic ring is 1. The van der Waals surface area contributed by atoms with E-state index >= 15 is 0 Å². The third-order valence-electron chi connectivity index (χ3n) is 7.61. The zero-order chi connectivity index (χ0) is 25.5. The molecule has 6 rings (SSSR count). The summed E-state index contributed by atoms with van der Waals surface area (Å²) in [5.74, 6) is 0.561. The first-order chi connectivity index (χ1) is 18.0. The van der Waals surface area contributed by atoms with Gasteiger partial charge in [-0.05, 0) is 44.0 Å². The number of carbonyl (C=O) groups excluding carboxylic acids is 1. The summed E-state index contributed by atoms with van der Waals surface area (Å²) in [7, 11) is 0. The minimum absolute atomic E-state index is 0.129. The first kappa shape index (κ1) is 23.5. The Kier molecular flexibility index (Phi) is 6.03. The molecule has 2 saturated heterocycles. The molecule has 10 heteroatoms. The fourth-order valence-electron chi connectivity index (χ4n) is 5.69. The lowest BCUT2D eigenvalue weighted by atomic mass is 10.1. The van der Waals surface area contributed by atoms with Gasteiger partial charge in [0.25, 0.3) is 0 Å². The van der Waals surface area contributed by atoms with Crippen LogP contribution in [0.3, 0.4) is 0 Å². The van der Waals surface area contributed by atoms with E-state index in [1.54, 1.807) is 6.92 Å². The molecule has 2 aliphatic heterocycles.